The van der Waals surface area contributed by atoms with E-state index < -0.39 is 0 Å². The van der Waals surface area contributed by atoms with Gasteiger partial charge in [0.2, 0.25) is 0 Å². The van der Waals surface area contributed by atoms with Crippen molar-refractivity contribution in [3.8, 4) is 0 Å². The minimum atomic E-state index is 0. The number of fused-ring (bicyclic) bond motifs is 1. The molecule has 0 aliphatic heterocycles. The van der Waals surface area contributed by atoms with Crippen LogP contribution in [0.5, 0.6) is 0 Å². The fourth-order valence-corrected chi connectivity index (χ4v) is 3.41. The molecule has 2 atom stereocenters. The Kier molecular flexibility index (Phi) is 6.68. The molecule has 3 rings (SSSR count). The number of carbonyl (C=O) groups excluding carboxylic acids is 1. The fraction of sp³-hybridized carbons (Fsp3) is 0.929. The summed E-state index contributed by atoms with van der Waals surface area (Å²) in [5, 5.41) is 0. The average Bonchev–Trinajstić information content (AvgIpc) is 2.93. The van der Waals surface area contributed by atoms with E-state index in [1.165, 1.54) is 64.2 Å². The van der Waals surface area contributed by atoms with Crippen molar-refractivity contribution in [1.29, 1.82) is 0 Å². The van der Waals surface area contributed by atoms with Gasteiger partial charge in [-0.2, -0.15) is 0 Å². The summed E-state index contributed by atoms with van der Waals surface area (Å²) in [7, 11) is 0. The van der Waals surface area contributed by atoms with Gasteiger partial charge in [0.05, 0.1) is 0 Å². The first kappa shape index (κ1) is 14.3. The van der Waals surface area contributed by atoms with Crippen molar-refractivity contribution in [3.05, 3.63) is 0 Å². The van der Waals surface area contributed by atoms with Crippen LogP contribution in [0.15, 0.2) is 0 Å². The minimum Gasteiger partial charge on any atom is -0.299 e. The van der Waals surface area contributed by atoms with Gasteiger partial charge in [-0.3, -0.25) is 4.79 Å². The summed E-state index contributed by atoms with van der Waals surface area (Å²) >= 11 is 0. The summed E-state index contributed by atoms with van der Waals surface area (Å²) < 4.78 is 0. The largest absolute Gasteiger partial charge is 0.299 e. The van der Waals surface area contributed by atoms with Gasteiger partial charge in [0.15, 0.2) is 0 Å². The maximum Gasteiger partial charge on any atom is 0.136 e. The van der Waals surface area contributed by atoms with Crippen LogP contribution < -0.4 is 0 Å². The smallest absolute Gasteiger partial charge is 0.136 e. The molecule has 0 aromatic heterocycles. The van der Waals surface area contributed by atoms with Crippen molar-refractivity contribution in [2.75, 3.05) is 0 Å². The molecule has 3 saturated carbocycles. The quantitative estimate of drug-likeness (QED) is 0.602. The Morgan fingerprint density at radius 2 is 1.31 bits per heavy atom. The first-order valence-corrected chi connectivity index (χ1v) is 6.90. The zero-order chi connectivity index (χ0) is 10.5. The molecule has 0 amide bonds. The monoisotopic (exact) mass is 264 g/mol. The van der Waals surface area contributed by atoms with Gasteiger partial charge in [-0.1, -0.05) is 38.5 Å². The molecule has 3 aliphatic carbocycles. The van der Waals surface area contributed by atoms with Crippen LogP contribution in [0.1, 0.15) is 70.6 Å². The topological polar surface area (TPSA) is 17.1 Å². The number of hydrogen-bond acceptors (Lipinski definition) is 1. The molecule has 0 N–H and O–H groups in total. The zero-order valence-corrected chi connectivity index (χ0v) is 11.3. The summed E-state index contributed by atoms with van der Waals surface area (Å²) in [6.45, 7) is 0. The molecule has 94 valence electrons. The van der Waals surface area contributed by atoms with Crippen molar-refractivity contribution in [3.63, 3.8) is 0 Å². The maximum atomic E-state index is 11.3. The van der Waals surface area contributed by atoms with Crippen LogP contribution in [0.25, 0.3) is 0 Å². The van der Waals surface area contributed by atoms with Crippen molar-refractivity contribution < 1.29 is 21.9 Å². The number of Topliss-reactive ketones (excluding diaryl/α,β-unsaturated/α-hetero) is 1. The van der Waals surface area contributed by atoms with Gasteiger partial charge in [-0.15, -0.1) is 0 Å². The Morgan fingerprint density at radius 3 is 1.88 bits per heavy atom. The first-order chi connectivity index (χ1) is 7.38. The van der Waals surface area contributed by atoms with E-state index in [9.17, 15) is 4.79 Å². The van der Waals surface area contributed by atoms with Crippen LogP contribution in [0.4, 0.5) is 0 Å². The van der Waals surface area contributed by atoms with Crippen LogP contribution in [-0.4, -0.2) is 5.78 Å². The molecule has 2 heteroatoms. The van der Waals surface area contributed by atoms with Crippen LogP contribution >= 0.6 is 0 Å². The third-order valence-electron chi connectivity index (χ3n) is 4.32. The summed E-state index contributed by atoms with van der Waals surface area (Å²) in [6.07, 6.45) is 14.7. The van der Waals surface area contributed by atoms with Gasteiger partial charge in [0.25, 0.3) is 0 Å². The average molecular weight is 264 g/mol. The van der Waals surface area contributed by atoms with Crippen molar-refractivity contribution in [2.24, 2.45) is 11.8 Å². The molecular weight excluding hydrogens is 240 g/mol. The second-order valence-electron chi connectivity index (χ2n) is 5.42. The summed E-state index contributed by atoms with van der Waals surface area (Å²) in [5.41, 5.74) is 0. The van der Waals surface area contributed by atoms with Gasteiger partial charge in [-0.25, -0.2) is 0 Å². The predicted octanol–water partition coefficient (Wildman–Crippen LogP) is 4.10. The van der Waals surface area contributed by atoms with Crippen LogP contribution in [0.3, 0.4) is 0 Å². The molecule has 0 heterocycles. The van der Waals surface area contributed by atoms with Gasteiger partial charge < -0.3 is 0 Å². The number of carbonyl (C=O) groups is 1. The normalized spacial score (nSPS) is 32.4. The standard InChI is InChI=1S/C9H14O.C5H10.Fe/c10-9-6-2-4-7-3-1-5-8(7)9;1-2-4-5-3-1;/h7-8H,1-6H2;1-5H2;. The second kappa shape index (κ2) is 7.50. The Bertz CT molecular complexity index is 203. The number of rotatable bonds is 0. The predicted molar refractivity (Wildman–Crippen MR) is 62.8 cm³/mol. The van der Waals surface area contributed by atoms with Gasteiger partial charge >= 0.3 is 0 Å². The third kappa shape index (κ3) is 3.89. The maximum absolute atomic E-state index is 11.3. The molecule has 0 radical (unpaired) electrons. The summed E-state index contributed by atoms with van der Waals surface area (Å²) in [6, 6.07) is 0. The van der Waals surface area contributed by atoms with E-state index in [-0.39, 0.29) is 17.1 Å². The Labute approximate surface area is 110 Å². The molecule has 3 fully saturated rings. The zero-order valence-electron chi connectivity index (χ0n) is 10.2. The van der Waals surface area contributed by atoms with Crippen molar-refractivity contribution in [1.82, 2.24) is 0 Å². The van der Waals surface area contributed by atoms with E-state index >= 15 is 0 Å². The number of hydrogen-bond donors (Lipinski definition) is 0. The molecule has 16 heavy (non-hydrogen) atoms. The number of ketones is 1. The molecule has 0 spiro atoms. The minimum absolute atomic E-state index is 0. The van der Waals surface area contributed by atoms with Crippen LogP contribution in [0.2, 0.25) is 0 Å². The molecule has 0 bridgehead atoms. The van der Waals surface area contributed by atoms with E-state index in [4.69, 9.17) is 0 Å². The van der Waals surface area contributed by atoms with E-state index in [1.807, 2.05) is 0 Å². The van der Waals surface area contributed by atoms with Crippen molar-refractivity contribution >= 4 is 5.78 Å². The fourth-order valence-electron chi connectivity index (χ4n) is 3.41. The molecular formula is C14H24FeO. The SMILES string of the molecule is C1CCCC1.O=C1CCCC2CCCC12.[Fe]. The molecule has 3 aliphatic rings. The van der Waals surface area contributed by atoms with E-state index in [2.05, 4.69) is 0 Å². The molecule has 2 unspecified atom stereocenters. The molecule has 1 nitrogen and oxygen atoms in total. The van der Waals surface area contributed by atoms with Gasteiger partial charge in [0.1, 0.15) is 5.78 Å². The Morgan fingerprint density at radius 1 is 0.750 bits per heavy atom. The molecule has 0 aromatic rings. The first-order valence-electron chi connectivity index (χ1n) is 6.90. The van der Waals surface area contributed by atoms with Gasteiger partial charge in [-0.05, 0) is 31.6 Å². The molecule has 0 aromatic carbocycles. The Hall–Kier alpha value is 0.189. The van der Waals surface area contributed by atoms with E-state index in [0.29, 0.717) is 11.7 Å². The second-order valence-corrected chi connectivity index (χ2v) is 5.42. The summed E-state index contributed by atoms with van der Waals surface area (Å²) in [4.78, 5) is 11.3. The third-order valence-corrected chi connectivity index (χ3v) is 4.32. The molecule has 0 saturated heterocycles. The Balaban J connectivity index is 0.000000183. The van der Waals surface area contributed by atoms with Crippen LogP contribution in [0, 0.1) is 11.8 Å². The van der Waals surface area contributed by atoms with Crippen molar-refractivity contribution in [2.45, 2.75) is 70.6 Å². The van der Waals surface area contributed by atoms with Crippen LogP contribution in [-0.2, 0) is 21.9 Å². The van der Waals surface area contributed by atoms with E-state index in [0.717, 1.165) is 12.3 Å². The van der Waals surface area contributed by atoms with Gasteiger partial charge in [0, 0.05) is 29.4 Å². The van der Waals surface area contributed by atoms with E-state index in [1.54, 1.807) is 0 Å². The summed E-state index contributed by atoms with van der Waals surface area (Å²) in [5.74, 6) is 1.85.